The number of rotatable bonds is 4. The minimum absolute atomic E-state index is 0.0552. The molecule has 0 bridgehead atoms. The van der Waals surface area contributed by atoms with Gasteiger partial charge in [-0.05, 0) is 24.6 Å². The molecule has 5 heteroatoms. The molecule has 20 heavy (non-hydrogen) atoms. The van der Waals surface area contributed by atoms with Gasteiger partial charge < -0.3 is 10.1 Å². The molecule has 0 radical (unpaired) electrons. The number of carbonyl (C=O) groups is 1. The Morgan fingerprint density at radius 1 is 1.40 bits per heavy atom. The summed E-state index contributed by atoms with van der Waals surface area (Å²) in [5, 5.41) is 4.09. The van der Waals surface area contributed by atoms with E-state index in [9.17, 15) is 4.79 Å². The van der Waals surface area contributed by atoms with Crippen molar-refractivity contribution >= 4 is 39.1 Å². The molecule has 0 spiro atoms. The molecule has 0 fully saturated rings. The molecule has 3 nitrogen and oxygen atoms in total. The molecule has 1 aromatic carbocycles. The second-order valence-corrected chi connectivity index (χ2v) is 6.88. The van der Waals surface area contributed by atoms with Crippen LogP contribution in [0.5, 0.6) is 5.75 Å². The van der Waals surface area contributed by atoms with Gasteiger partial charge in [-0.3, -0.25) is 4.79 Å². The monoisotopic (exact) mass is 307 g/mol. The molecule has 0 unspecified atom stereocenters. The fraction of sp³-hybridized carbons (Fsp3) is 0.400. The summed E-state index contributed by atoms with van der Waals surface area (Å²) in [6, 6.07) is 6.13. The van der Waals surface area contributed by atoms with Crippen molar-refractivity contribution in [2.24, 2.45) is 0 Å². The summed E-state index contributed by atoms with van der Waals surface area (Å²) in [7, 11) is 0. The first-order valence-corrected chi connectivity index (χ1v) is 8.70. The van der Waals surface area contributed by atoms with Crippen LogP contribution in [0.2, 0.25) is 0 Å². The summed E-state index contributed by atoms with van der Waals surface area (Å²) in [5.74, 6) is 1.88. The van der Waals surface area contributed by atoms with Crippen molar-refractivity contribution in [2.75, 3.05) is 18.9 Å². The van der Waals surface area contributed by atoms with Crippen LogP contribution in [-0.4, -0.2) is 24.8 Å². The van der Waals surface area contributed by atoms with Crippen molar-refractivity contribution in [3.63, 3.8) is 0 Å². The molecule has 3 rings (SSSR count). The Morgan fingerprint density at radius 2 is 2.30 bits per heavy atom. The van der Waals surface area contributed by atoms with Crippen molar-refractivity contribution < 1.29 is 9.53 Å². The molecule has 1 aliphatic rings. The van der Waals surface area contributed by atoms with Crippen LogP contribution in [0.1, 0.15) is 29.4 Å². The van der Waals surface area contributed by atoms with E-state index < -0.39 is 0 Å². The molecular formula is C15H17NO2S2. The molecule has 0 saturated carbocycles. The first kappa shape index (κ1) is 13.8. The van der Waals surface area contributed by atoms with Crippen LogP contribution in [-0.2, 0) is 0 Å². The number of hydrogen-bond acceptors (Lipinski definition) is 4. The normalized spacial score (nSPS) is 14.8. The molecule has 0 atom stereocenters. The largest absolute Gasteiger partial charge is 0.494 e. The van der Waals surface area contributed by atoms with Gasteiger partial charge in [-0.15, -0.1) is 23.1 Å². The van der Waals surface area contributed by atoms with Crippen LogP contribution in [0.25, 0.3) is 10.1 Å². The summed E-state index contributed by atoms with van der Waals surface area (Å²) in [4.78, 5) is 14.0. The van der Waals surface area contributed by atoms with E-state index in [4.69, 9.17) is 4.74 Å². The molecule has 0 aliphatic carbocycles. The Morgan fingerprint density at radius 3 is 3.15 bits per heavy atom. The van der Waals surface area contributed by atoms with Gasteiger partial charge in [0, 0.05) is 27.3 Å². The number of unbranched alkanes of at least 4 members (excludes halogenated alkanes) is 1. The average Bonchev–Trinajstić information content (AvgIpc) is 2.72. The standard InChI is InChI=1S/C15H17NO2S2/c1-2-3-7-18-10-4-5-12-11(9-10)13-14(20-12)15(17)16-6-8-19-13/h4-5,9H,2-3,6-8H2,1H3,(H,16,17). The molecule has 1 aromatic heterocycles. The third-order valence-corrected chi connectivity index (χ3v) is 5.64. The number of fused-ring (bicyclic) bond motifs is 3. The van der Waals surface area contributed by atoms with Gasteiger partial charge in [0.2, 0.25) is 0 Å². The SMILES string of the molecule is CCCCOc1ccc2sc3c(c2c1)SCCNC3=O. The number of ether oxygens (including phenoxy) is 1. The van der Waals surface area contributed by atoms with Crippen molar-refractivity contribution in [1.82, 2.24) is 5.32 Å². The van der Waals surface area contributed by atoms with Crippen molar-refractivity contribution in [3.05, 3.63) is 23.1 Å². The van der Waals surface area contributed by atoms with Crippen molar-refractivity contribution in [3.8, 4) is 5.75 Å². The van der Waals surface area contributed by atoms with Gasteiger partial charge in [-0.1, -0.05) is 13.3 Å². The lowest BCUT2D eigenvalue weighted by Gasteiger charge is -2.05. The van der Waals surface area contributed by atoms with Crippen LogP contribution < -0.4 is 10.1 Å². The van der Waals surface area contributed by atoms with Gasteiger partial charge in [0.1, 0.15) is 10.6 Å². The van der Waals surface area contributed by atoms with Crippen LogP contribution in [0.15, 0.2) is 23.1 Å². The maximum atomic E-state index is 12.0. The van der Waals surface area contributed by atoms with E-state index in [0.717, 1.165) is 57.4 Å². The van der Waals surface area contributed by atoms with Crippen LogP contribution in [0, 0.1) is 0 Å². The predicted molar refractivity (Wildman–Crippen MR) is 85.3 cm³/mol. The number of amides is 1. The number of hydrogen-bond donors (Lipinski definition) is 1. The highest BCUT2D eigenvalue weighted by molar-refractivity contribution is 7.99. The van der Waals surface area contributed by atoms with Crippen LogP contribution in [0.4, 0.5) is 0 Å². The van der Waals surface area contributed by atoms with E-state index in [0.29, 0.717) is 0 Å². The summed E-state index contributed by atoms with van der Waals surface area (Å²) < 4.78 is 6.92. The molecule has 1 amide bonds. The fourth-order valence-electron chi connectivity index (χ4n) is 2.17. The molecule has 1 N–H and O–H groups in total. The molecule has 2 aromatic rings. The van der Waals surface area contributed by atoms with E-state index in [-0.39, 0.29) is 5.91 Å². The molecule has 2 heterocycles. The number of nitrogens with one attached hydrogen (secondary N) is 1. The lowest BCUT2D eigenvalue weighted by molar-refractivity contribution is 0.0959. The highest BCUT2D eigenvalue weighted by atomic mass is 32.2. The van der Waals surface area contributed by atoms with E-state index >= 15 is 0 Å². The zero-order valence-electron chi connectivity index (χ0n) is 11.4. The Bertz CT molecular complexity index is 636. The maximum absolute atomic E-state index is 12.0. The van der Waals surface area contributed by atoms with E-state index in [1.165, 1.54) is 0 Å². The van der Waals surface area contributed by atoms with Gasteiger partial charge in [0.25, 0.3) is 5.91 Å². The molecule has 106 valence electrons. The third-order valence-electron chi connectivity index (χ3n) is 3.22. The van der Waals surface area contributed by atoms with Crippen molar-refractivity contribution in [2.45, 2.75) is 24.7 Å². The van der Waals surface area contributed by atoms with Crippen LogP contribution in [0.3, 0.4) is 0 Å². The Balaban J connectivity index is 1.96. The quantitative estimate of drug-likeness (QED) is 0.870. The Kier molecular flexibility index (Phi) is 4.17. The third kappa shape index (κ3) is 2.65. The second kappa shape index (κ2) is 6.06. The van der Waals surface area contributed by atoms with Gasteiger partial charge >= 0.3 is 0 Å². The highest BCUT2D eigenvalue weighted by Gasteiger charge is 2.21. The van der Waals surface area contributed by atoms with Gasteiger partial charge in [0.05, 0.1) is 6.61 Å². The predicted octanol–water partition coefficient (Wildman–Crippen LogP) is 3.92. The number of benzene rings is 1. The summed E-state index contributed by atoms with van der Waals surface area (Å²) in [5.41, 5.74) is 0. The molecular weight excluding hydrogens is 290 g/mol. The second-order valence-electron chi connectivity index (χ2n) is 4.72. The molecule has 0 saturated heterocycles. The van der Waals surface area contributed by atoms with E-state index in [1.807, 2.05) is 6.07 Å². The lowest BCUT2D eigenvalue weighted by Crippen LogP contribution is -2.22. The van der Waals surface area contributed by atoms with Crippen LogP contribution >= 0.6 is 23.1 Å². The van der Waals surface area contributed by atoms with Gasteiger partial charge in [0.15, 0.2) is 0 Å². The van der Waals surface area contributed by atoms with E-state index in [2.05, 4.69) is 24.4 Å². The Labute approximate surface area is 126 Å². The first-order valence-electron chi connectivity index (χ1n) is 6.90. The zero-order chi connectivity index (χ0) is 13.9. The number of thioether (sulfide) groups is 1. The summed E-state index contributed by atoms with van der Waals surface area (Å²) in [6.45, 7) is 3.64. The highest BCUT2D eigenvalue weighted by Crippen LogP contribution is 2.40. The van der Waals surface area contributed by atoms with Crippen molar-refractivity contribution in [1.29, 1.82) is 0 Å². The van der Waals surface area contributed by atoms with Gasteiger partial charge in [-0.25, -0.2) is 0 Å². The topological polar surface area (TPSA) is 38.3 Å². The maximum Gasteiger partial charge on any atom is 0.262 e. The van der Waals surface area contributed by atoms with E-state index in [1.54, 1.807) is 23.1 Å². The average molecular weight is 307 g/mol. The Hall–Kier alpha value is -1.20. The van der Waals surface area contributed by atoms with Gasteiger partial charge in [-0.2, -0.15) is 0 Å². The summed E-state index contributed by atoms with van der Waals surface area (Å²) >= 11 is 3.33. The molecule has 1 aliphatic heterocycles. The lowest BCUT2D eigenvalue weighted by atomic mass is 10.2. The number of thiophene rings is 1. The minimum Gasteiger partial charge on any atom is -0.494 e. The number of carbonyl (C=O) groups excluding carboxylic acids is 1. The minimum atomic E-state index is 0.0552. The smallest absolute Gasteiger partial charge is 0.262 e. The summed E-state index contributed by atoms with van der Waals surface area (Å²) in [6.07, 6.45) is 2.20. The fourth-order valence-corrected chi connectivity index (χ4v) is 4.49. The first-order chi connectivity index (χ1) is 9.79. The zero-order valence-corrected chi connectivity index (χ0v) is 13.0.